The lowest BCUT2D eigenvalue weighted by Gasteiger charge is -2.07. The monoisotopic (exact) mass is 390 g/mol. The van der Waals surface area contributed by atoms with Crippen molar-refractivity contribution in [1.29, 1.82) is 0 Å². The lowest BCUT2D eigenvalue weighted by Crippen LogP contribution is -2.24. The molecule has 3 aromatic rings. The number of aromatic nitrogens is 3. The Morgan fingerprint density at radius 2 is 1.89 bits per heavy atom. The highest BCUT2D eigenvalue weighted by atomic mass is 32.2. The van der Waals surface area contributed by atoms with Gasteiger partial charge in [-0.25, -0.2) is 9.67 Å². The summed E-state index contributed by atoms with van der Waals surface area (Å²) in [6.07, 6.45) is 1.60. The average Bonchev–Trinajstić information content (AvgIpc) is 3.15. The molecule has 0 unspecified atom stereocenters. The third kappa shape index (κ3) is 5.78. The van der Waals surface area contributed by atoms with Gasteiger partial charge < -0.3 is 10.1 Å². The van der Waals surface area contributed by atoms with Gasteiger partial charge in [0.2, 0.25) is 11.1 Å². The van der Waals surface area contributed by atoms with Crippen LogP contribution in [-0.4, -0.2) is 33.0 Å². The molecule has 0 saturated heterocycles. The molecule has 0 fully saturated rings. The number of hydrogen-bond donors (Lipinski definition) is 1. The minimum atomic E-state index is -2.86. The smallest absolute Gasteiger partial charge is 0.387 e. The molecule has 0 aliphatic rings. The van der Waals surface area contributed by atoms with Crippen LogP contribution in [0.25, 0.3) is 5.69 Å². The van der Waals surface area contributed by atoms with E-state index in [0.717, 1.165) is 11.3 Å². The van der Waals surface area contributed by atoms with Crippen molar-refractivity contribution in [2.75, 3.05) is 5.75 Å². The Bertz CT molecular complexity index is 873. The average molecular weight is 390 g/mol. The van der Waals surface area contributed by atoms with Crippen LogP contribution in [0.4, 0.5) is 8.78 Å². The molecule has 0 spiro atoms. The maximum atomic E-state index is 12.1. The van der Waals surface area contributed by atoms with Crippen molar-refractivity contribution in [3.05, 3.63) is 66.5 Å². The number of nitrogens with zero attached hydrogens (tertiary/aromatic N) is 3. The highest BCUT2D eigenvalue weighted by Crippen LogP contribution is 2.16. The third-order valence-electron chi connectivity index (χ3n) is 3.46. The molecule has 27 heavy (non-hydrogen) atoms. The van der Waals surface area contributed by atoms with Gasteiger partial charge in [0.15, 0.2) is 0 Å². The van der Waals surface area contributed by atoms with Gasteiger partial charge >= 0.3 is 6.61 Å². The number of thioether (sulfide) groups is 1. The van der Waals surface area contributed by atoms with E-state index in [-0.39, 0.29) is 17.4 Å². The number of ether oxygens (including phenoxy) is 1. The summed E-state index contributed by atoms with van der Waals surface area (Å²) in [5.74, 6) is 0.0745. The summed E-state index contributed by atoms with van der Waals surface area (Å²) in [5.41, 5.74) is 1.67. The van der Waals surface area contributed by atoms with E-state index in [4.69, 9.17) is 0 Å². The van der Waals surface area contributed by atoms with Gasteiger partial charge in [-0.3, -0.25) is 4.79 Å². The standard InChI is InChI=1S/C18H16F2N4O2S/c19-17(20)26-15-8-6-13(7-9-15)10-21-16(25)11-27-18-22-12-24(23-18)14-4-2-1-3-5-14/h1-9,12,17H,10-11H2,(H,21,25). The first-order valence-electron chi connectivity index (χ1n) is 8.00. The first kappa shape index (κ1) is 18.8. The predicted octanol–water partition coefficient (Wildman–Crippen LogP) is 3.28. The van der Waals surface area contributed by atoms with Gasteiger partial charge in [-0.1, -0.05) is 42.1 Å². The fourth-order valence-electron chi connectivity index (χ4n) is 2.19. The summed E-state index contributed by atoms with van der Waals surface area (Å²) in [4.78, 5) is 16.1. The number of carbonyl (C=O) groups is 1. The number of hydrogen-bond acceptors (Lipinski definition) is 5. The predicted molar refractivity (Wildman–Crippen MR) is 97.0 cm³/mol. The van der Waals surface area contributed by atoms with Gasteiger partial charge in [-0.2, -0.15) is 8.78 Å². The van der Waals surface area contributed by atoms with Crippen LogP contribution in [0.2, 0.25) is 0 Å². The molecule has 0 atom stereocenters. The van der Waals surface area contributed by atoms with E-state index in [9.17, 15) is 13.6 Å². The highest BCUT2D eigenvalue weighted by Gasteiger charge is 2.08. The van der Waals surface area contributed by atoms with Gasteiger partial charge in [0, 0.05) is 6.54 Å². The van der Waals surface area contributed by atoms with Crippen LogP contribution < -0.4 is 10.1 Å². The van der Waals surface area contributed by atoms with Crippen LogP contribution in [-0.2, 0) is 11.3 Å². The van der Waals surface area contributed by atoms with E-state index in [1.54, 1.807) is 23.1 Å². The van der Waals surface area contributed by atoms with E-state index in [2.05, 4.69) is 20.1 Å². The summed E-state index contributed by atoms with van der Waals surface area (Å²) < 4.78 is 30.1. The lowest BCUT2D eigenvalue weighted by molar-refractivity contribution is -0.118. The first-order valence-corrected chi connectivity index (χ1v) is 8.99. The summed E-state index contributed by atoms with van der Waals surface area (Å²) in [5, 5.41) is 7.58. The number of halogens is 2. The van der Waals surface area contributed by atoms with Crippen molar-refractivity contribution in [3.8, 4) is 11.4 Å². The fourth-order valence-corrected chi connectivity index (χ4v) is 2.82. The molecule has 140 valence electrons. The summed E-state index contributed by atoms with van der Waals surface area (Å²) in [7, 11) is 0. The van der Waals surface area contributed by atoms with Crippen molar-refractivity contribution < 1.29 is 18.3 Å². The largest absolute Gasteiger partial charge is 0.435 e. The van der Waals surface area contributed by atoms with Crippen LogP contribution in [0.3, 0.4) is 0 Å². The van der Waals surface area contributed by atoms with Crippen molar-refractivity contribution in [2.45, 2.75) is 18.3 Å². The lowest BCUT2D eigenvalue weighted by atomic mass is 10.2. The van der Waals surface area contributed by atoms with Crippen LogP contribution in [0, 0.1) is 0 Å². The molecule has 1 aromatic heterocycles. The van der Waals surface area contributed by atoms with Crippen molar-refractivity contribution >= 4 is 17.7 Å². The van der Waals surface area contributed by atoms with Crippen LogP contribution in [0.15, 0.2) is 66.1 Å². The van der Waals surface area contributed by atoms with Crippen LogP contribution >= 0.6 is 11.8 Å². The summed E-state index contributed by atoms with van der Waals surface area (Å²) in [6, 6.07) is 15.7. The molecule has 2 aromatic carbocycles. The number of alkyl halides is 2. The Balaban J connectivity index is 1.44. The molecule has 9 heteroatoms. The Morgan fingerprint density at radius 1 is 1.15 bits per heavy atom. The van der Waals surface area contributed by atoms with Crippen LogP contribution in [0.1, 0.15) is 5.56 Å². The van der Waals surface area contributed by atoms with Gasteiger partial charge in [-0.05, 0) is 29.8 Å². The topological polar surface area (TPSA) is 69.0 Å². The Hall–Kier alpha value is -2.94. The molecule has 1 N–H and O–H groups in total. The first-order chi connectivity index (χ1) is 13.1. The highest BCUT2D eigenvalue weighted by molar-refractivity contribution is 7.99. The maximum absolute atomic E-state index is 12.1. The van der Waals surface area contributed by atoms with Gasteiger partial charge in [-0.15, -0.1) is 5.10 Å². The van der Waals surface area contributed by atoms with Gasteiger partial charge in [0.25, 0.3) is 0 Å². The fraction of sp³-hybridized carbons (Fsp3) is 0.167. The van der Waals surface area contributed by atoms with E-state index < -0.39 is 6.61 Å². The van der Waals surface area contributed by atoms with E-state index in [1.165, 1.54) is 23.9 Å². The number of para-hydroxylation sites is 1. The molecule has 0 radical (unpaired) electrons. The van der Waals surface area contributed by atoms with Crippen molar-refractivity contribution in [2.24, 2.45) is 0 Å². The molecular weight excluding hydrogens is 374 g/mol. The van der Waals surface area contributed by atoms with E-state index >= 15 is 0 Å². The van der Waals surface area contributed by atoms with E-state index in [0.29, 0.717) is 11.7 Å². The third-order valence-corrected chi connectivity index (χ3v) is 4.31. The van der Waals surface area contributed by atoms with Gasteiger partial charge in [0.05, 0.1) is 11.4 Å². The van der Waals surface area contributed by atoms with Crippen molar-refractivity contribution in [1.82, 2.24) is 20.1 Å². The zero-order valence-corrected chi connectivity index (χ0v) is 14.9. The second kappa shape index (κ2) is 9.13. The Morgan fingerprint density at radius 3 is 2.59 bits per heavy atom. The molecule has 0 aliphatic heterocycles. The van der Waals surface area contributed by atoms with E-state index in [1.807, 2.05) is 30.3 Å². The Kier molecular flexibility index (Phi) is 6.37. The maximum Gasteiger partial charge on any atom is 0.387 e. The minimum absolute atomic E-state index is 0.0794. The SMILES string of the molecule is O=C(CSc1ncn(-c2ccccc2)n1)NCc1ccc(OC(F)F)cc1. The quantitative estimate of drug-likeness (QED) is 0.598. The number of carbonyl (C=O) groups excluding carboxylic acids is 1. The molecule has 1 heterocycles. The number of rotatable bonds is 8. The molecule has 1 amide bonds. The molecule has 0 saturated carbocycles. The zero-order valence-electron chi connectivity index (χ0n) is 14.1. The second-order valence-corrected chi connectivity index (χ2v) is 6.34. The van der Waals surface area contributed by atoms with Crippen molar-refractivity contribution in [3.63, 3.8) is 0 Å². The molecule has 3 rings (SSSR count). The molecular formula is C18H16F2N4O2S. The summed E-state index contributed by atoms with van der Waals surface area (Å²) >= 11 is 1.23. The summed E-state index contributed by atoms with van der Waals surface area (Å²) in [6.45, 7) is -2.56. The molecule has 0 bridgehead atoms. The molecule has 6 nitrogen and oxygen atoms in total. The zero-order chi connectivity index (χ0) is 19.1. The second-order valence-electron chi connectivity index (χ2n) is 5.40. The number of amides is 1. The number of benzene rings is 2. The van der Waals surface area contributed by atoms with Gasteiger partial charge in [0.1, 0.15) is 12.1 Å². The minimum Gasteiger partial charge on any atom is -0.435 e. The molecule has 0 aliphatic carbocycles. The number of nitrogens with one attached hydrogen (secondary N) is 1. The van der Waals surface area contributed by atoms with Crippen LogP contribution in [0.5, 0.6) is 5.75 Å². The normalized spacial score (nSPS) is 10.8. The Labute approximate surface area is 158 Å².